The number of alkyl carbamates (subject to hydrolysis) is 2. The Morgan fingerprint density at radius 2 is 0.956 bits per heavy atom. The van der Waals surface area contributed by atoms with Crippen molar-refractivity contribution in [3.05, 3.63) is 227 Å². The number of nitrogens with one attached hydrogen (secondary N) is 4. The van der Waals surface area contributed by atoms with Crippen LogP contribution in [0.1, 0.15) is 86.4 Å². The molecule has 0 aliphatic carbocycles. The number of carboxylic acid groups (broad SMARTS) is 1. The van der Waals surface area contributed by atoms with Crippen molar-refractivity contribution in [1.29, 1.82) is 0 Å². The Morgan fingerprint density at radius 3 is 1.40 bits per heavy atom. The van der Waals surface area contributed by atoms with Crippen molar-refractivity contribution in [3.8, 4) is 22.6 Å². The molecule has 6 N–H and O–H groups in total. The summed E-state index contributed by atoms with van der Waals surface area (Å²) in [4.78, 5) is 100. The number of ether oxygens (including phenoxy) is 6. The molecule has 91 heavy (non-hydrogen) atoms. The number of carbonyl (C=O) groups is 7. The standard InChI is InChI=1S/C71H77N5O15/c1-6-47(2)63(67(82)88-44-50-26-16-9-17-27-50)76-65(79)58(73-64(78)59(74-70(85)91-71(3,4)5)40-57(77)41-72-68(83)89-45-51-28-18-10-19-29-51)38-55-36-53(32-34-61(55)86-42-48-22-12-7-13-23-48)54-33-35-62(87-43-49-24-14-8-15-25-49)56(37-54)39-60(66(80)81)75-69(84)90-46-52-30-20-11-21-31-52/h7-37,47,57-58,60,63,77H,6,38-46H2,1-5H3,(H,72,83)(H,73,78)(H,75,84)(H,76,79)(H,80,81)/b74-59+/t47-,57-,58+,60+,63?/m1/s1. The average Bonchev–Trinajstić information content (AvgIpc) is 1.75. The van der Waals surface area contributed by atoms with Crippen LogP contribution in [0, 0.1) is 5.92 Å². The van der Waals surface area contributed by atoms with Gasteiger partial charge < -0.3 is 59.9 Å². The van der Waals surface area contributed by atoms with Crippen LogP contribution in [0.25, 0.3) is 11.1 Å². The summed E-state index contributed by atoms with van der Waals surface area (Å²) in [6.45, 7) is 7.85. The van der Waals surface area contributed by atoms with Crippen molar-refractivity contribution >= 4 is 47.7 Å². The number of carboxylic acids is 1. The molecule has 0 bridgehead atoms. The highest BCUT2D eigenvalue weighted by atomic mass is 16.6. The van der Waals surface area contributed by atoms with E-state index in [4.69, 9.17) is 28.4 Å². The molecule has 7 aromatic carbocycles. The number of amides is 5. The summed E-state index contributed by atoms with van der Waals surface area (Å²) < 4.78 is 34.8. The molecule has 476 valence electrons. The molecule has 7 aromatic rings. The lowest BCUT2D eigenvalue weighted by Crippen LogP contribution is -2.55. The third-order valence-electron chi connectivity index (χ3n) is 14.2. The zero-order chi connectivity index (χ0) is 65.1. The topological polar surface area (TPSA) is 276 Å². The molecule has 1 unspecified atom stereocenters. The first-order valence-electron chi connectivity index (χ1n) is 29.8. The molecule has 0 heterocycles. The SMILES string of the molecule is CC[C@@H](C)C(NC(=O)[C@H](Cc1cc(-c2ccc(OCc3ccccc3)c(C[C@H](NC(=O)OCc3ccccc3)C(=O)O)c2)ccc1OCc1ccccc1)NC(=O)/C(C[C@@H](O)CNC(=O)OCc1ccccc1)=N/C(=O)OC(C)(C)C)C(=O)OCc1ccccc1. The first-order chi connectivity index (χ1) is 43.8. The highest BCUT2D eigenvalue weighted by molar-refractivity contribution is 6.40. The summed E-state index contributed by atoms with van der Waals surface area (Å²) in [7, 11) is 0. The van der Waals surface area contributed by atoms with E-state index < -0.39 is 96.5 Å². The van der Waals surface area contributed by atoms with Crippen molar-refractivity contribution in [1.82, 2.24) is 21.3 Å². The molecule has 20 nitrogen and oxygen atoms in total. The first-order valence-corrected chi connectivity index (χ1v) is 29.8. The van der Waals surface area contributed by atoms with E-state index in [-0.39, 0.29) is 51.6 Å². The first kappa shape index (κ1) is 68.2. The van der Waals surface area contributed by atoms with E-state index in [1.165, 1.54) is 0 Å². The second-order valence-corrected chi connectivity index (χ2v) is 22.5. The number of benzene rings is 7. The Labute approximate surface area is 529 Å². The summed E-state index contributed by atoms with van der Waals surface area (Å²) in [5.41, 5.74) is 3.91. The number of hydrogen-bond donors (Lipinski definition) is 6. The zero-order valence-electron chi connectivity index (χ0n) is 51.5. The van der Waals surface area contributed by atoms with E-state index in [2.05, 4.69) is 26.3 Å². The van der Waals surface area contributed by atoms with Gasteiger partial charge >= 0.3 is 30.2 Å². The van der Waals surface area contributed by atoms with E-state index in [1.807, 2.05) is 85.8 Å². The number of aliphatic hydroxyl groups is 1. The highest BCUT2D eigenvalue weighted by Gasteiger charge is 2.34. The van der Waals surface area contributed by atoms with Crippen LogP contribution in [-0.2, 0) is 84.0 Å². The van der Waals surface area contributed by atoms with Crippen LogP contribution in [0.15, 0.2) is 193 Å². The molecule has 20 heteroatoms. The van der Waals surface area contributed by atoms with Gasteiger partial charge in [-0.2, -0.15) is 4.99 Å². The predicted octanol–water partition coefficient (Wildman–Crippen LogP) is 10.8. The molecule has 0 radical (unpaired) electrons. The second-order valence-electron chi connectivity index (χ2n) is 22.5. The minimum atomic E-state index is -1.60. The van der Waals surface area contributed by atoms with Crippen LogP contribution in [0.2, 0.25) is 0 Å². The van der Waals surface area contributed by atoms with Gasteiger partial charge in [-0.3, -0.25) is 9.59 Å². The molecule has 0 saturated carbocycles. The predicted molar refractivity (Wildman–Crippen MR) is 340 cm³/mol. The molecule has 5 amide bonds. The quantitative estimate of drug-likeness (QED) is 0.0139. The van der Waals surface area contributed by atoms with Gasteiger partial charge in [-0.1, -0.05) is 184 Å². The molecule has 0 spiro atoms. The van der Waals surface area contributed by atoms with E-state index in [0.29, 0.717) is 51.1 Å². The summed E-state index contributed by atoms with van der Waals surface area (Å²) in [5.74, 6) is -3.92. The number of aliphatic imine (C=N–C) groups is 1. The summed E-state index contributed by atoms with van der Waals surface area (Å²) in [5, 5.41) is 32.4. The van der Waals surface area contributed by atoms with Crippen LogP contribution < -0.4 is 30.7 Å². The summed E-state index contributed by atoms with van der Waals surface area (Å²) in [6.07, 6.45) is -5.37. The minimum Gasteiger partial charge on any atom is -0.489 e. The van der Waals surface area contributed by atoms with Crippen molar-refractivity contribution in [2.45, 2.75) is 123 Å². The maximum atomic E-state index is 15.2. The van der Waals surface area contributed by atoms with Gasteiger partial charge in [0.2, 0.25) is 5.91 Å². The van der Waals surface area contributed by atoms with Crippen molar-refractivity contribution in [3.63, 3.8) is 0 Å². The zero-order valence-corrected chi connectivity index (χ0v) is 51.5. The molecular weight excluding hydrogens is 1160 g/mol. The number of carbonyl (C=O) groups excluding carboxylic acids is 6. The van der Waals surface area contributed by atoms with Crippen molar-refractivity contribution in [2.75, 3.05) is 6.54 Å². The Morgan fingerprint density at radius 1 is 0.527 bits per heavy atom. The number of hydrogen-bond acceptors (Lipinski definition) is 14. The second kappa shape index (κ2) is 34.4. The maximum absolute atomic E-state index is 15.2. The largest absolute Gasteiger partial charge is 0.489 e. The normalized spacial score (nSPS) is 12.9. The molecule has 0 fully saturated rings. The lowest BCUT2D eigenvalue weighted by molar-refractivity contribution is -0.151. The smallest absolute Gasteiger partial charge is 0.434 e. The average molecular weight is 1240 g/mol. The van der Waals surface area contributed by atoms with Crippen LogP contribution in [0.4, 0.5) is 14.4 Å². The van der Waals surface area contributed by atoms with Crippen molar-refractivity contribution in [2.24, 2.45) is 10.9 Å². The minimum absolute atomic E-state index is 0.0626. The molecule has 0 aliphatic heterocycles. The van der Waals surface area contributed by atoms with E-state index in [0.717, 1.165) is 11.1 Å². The van der Waals surface area contributed by atoms with Gasteiger partial charge in [0, 0.05) is 25.8 Å². The Balaban J connectivity index is 1.26. The summed E-state index contributed by atoms with van der Waals surface area (Å²) >= 11 is 0. The molecule has 5 atom stereocenters. The third kappa shape index (κ3) is 23.0. The van der Waals surface area contributed by atoms with E-state index >= 15 is 4.79 Å². The van der Waals surface area contributed by atoms with Gasteiger partial charge in [0.15, 0.2) is 0 Å². The van der Waals surface area contributed by atoms with Gasteiger partial charge in [0.25, 0.3) is 5.91 Å². The number of rotatable bonds is 30. The molecule has 0 saturated heterocycles. The van der Waals surface area contributed by atoms with Crippen LogP contribution >= 0.6 is 0 Å². The fourth-order valence-corrected chi connectivity index (χ4v) is 9.18. The lowest BCUT2D eigenvalue weighted by Gasteiger charge is -2.27. The maximum Gasteiger partial charge on any atom is 0.434 e. The monoisotopic (exact) mass is 1240 g/mol. The Kier molecular flexibility index (Phi) is 25.8. The van der Waals surface area contributed by atoms with Crippen LogP contribution in [-0.4, -0.2) is 94.3 Å². The van der Waals surface area contributed by atoms with Gasteiger partial charge in [-0.25, -0.2) is 24.0 Å². The molecular formula is C71H77N5O15. The number of aliphatic carboxylic acids is 1. The van der Waals surface area contributed by atoms with Crippen LogP contribution in [0.3, 0.4) is 0 Å². The molecule has 0 aliphatic rings. The highest BCUT2D eigenvalue weighted by Crippen LogP contribution is 2.33. The fourth-order valence-electron chi connectivity index (χ4n) is 9.18. The van der Waals surface area contributed by atoms with E-state index in [1.54, 1.807) is 137 Å². The van der Waals surface area contributed by atoms with E-state index in [9.17, 15) is 39.0 Å². The lowest BCUT2D eigenvalue weighted by atomic mass is 9.94. The van der Waals surface area contributed by atoms with Gasteiger partial charge in [-0.05, 0) is 101 Å². The van der Waals surface area contributed by atoms with Gasteiger partial charge in [-0.15, -0.1) is 0 Å². The van der Waals surface area contributed by atoms with Crippen LogP contribution in [0.5, 0.6) is 11.5 Å². The Hall–Kier alpha value is -10.3. The third-order valence-corrected chi connectivity index (χ3v) is 14.2. The fraction of sp³-hybridized carbons (Fsp3) is 0.296. The number of aliphatic hydroxyl groups excluding tert-OH is 1. The van der Waals surface area contributed by atoms with Crippen molar-refractivity contribution < 1.29 is 72.2 Å². The molecule has 7 rings (SSSR count). The Bertz CT molecular complexity index is 3550. The molecule has 0 aromatic heterocycles. The van der Waals surface area contributed by atoms with Gasteiger partial charge in [0.1, 0.15) is 74.0 Å². The summed E-state index contributed by atoms with van der Waals surface area (Å²) in [6, 6.07) is 51.5. The van der Waals surface area contributed by atoms with Gasteiger partial charge in [0.05, 0.1) is 6.10 Å². The number of esters is 1. The number of nitrogens with zero attached hydrogens (tertiary/aromatic N) is 1.